The Morgan fingerprint density at radius 2 is 1.47 bits per heavy atom. The van der Waals surface area contributed by atoms with Crippen LogP contribution in [-0.2, 0) is 0 Å². The van der Waals surface area contributed by atoms with Crippen LogP contribution in [-0.4, -0.2) is 61.2 Å². The maximum atomic E-state index is 2.73. The van der Waals surface area contributed by atoms with Crippen LogP contribution in [0.4, 0.5) is 0 Å². The van der Waals surface area contributed by atoms with Crippen LogP contribution in [0.1, 0.15) is 32.1 Å². The zero-order valence-corrected chi connectivity index (χ0v) is 10.3. The van der Waals surface area contributed by atoms with Gasteiger partial charge in [-0.1, -0.05) is 6.42 Å². The molecule has 0 saturated carbocycles. The molecule has 0 aliphatic carbocycles. The first-order valence-electron chi connectivity index (χ1n) is 6.43. The van der Waals surface area contributed by atoms with Gasteiger partial charge in [0, 0.05) is 33.2 Å². The van der Waals surface area contributed by atoms with E-state index in [1.54, 1.807) is 0 Å². The molecule has 3 nitrogen and oxygen atoms in total. The predicted molar refractivity (Wildman–Crippen MR) is 63.7 cm³/mol. The van der Waals surface area contributed by atoms with Gasteiger partial charge in [0.15, 0.2) is 0 Å². The molecule has 0 aromatic heterocycles. The van der Waals surface area contributed by atoms with E-state index in [4.69, 9.17) is 0 Å². The highest BCUT2D eigenvalue weighted by Gasteiger charge is 2.25. The topological polar surface area (TPSA) is 9.72 Å². The lowest BCUT2D eigenvalue weighted by molar-refractivity contribution is -0.0206. The highest BCUT2D eigenvalue weighted by atomic mass is 15.6. The van der Waals surface area contributed by atoms with Crippen LogP contribution < -0.4 is 0 Å². The molecule has 2 aliphatic rings. The zero-order chi connectivity index (χ0) is 10.7. The summed E-state index contributed by atoms with van der Waals surface area (Å²) >= 11 is 0. The number of hydrogen-bond acceptors (Lipinski definition) is 3. The van der Waals surface area contributed by atoms with Crippen molar-refractivity contribution in [1.29, 1.82) is 0 Å². The second-order valence-corrected chi connectivity index (χ2v) is 5.13. The van der Waals surface area contributed by atoms with Crippen molar-refractivity contribution >= 4 is 0 Å². The quantitative estimate of drug-likeness (QED) is 0.684. The number of hydrazine groups is 1. The molecule has 2 fully saturated rings. The van der Waals surface area contributed by atoms with Gasteiger partial charge in [0.05, 0.1) is 0 Å². The fraction of sp³-hybridized carbons (Fsp3) is 1.00. The molecule has 0 spiro atoms. The third kappa shape index (κ3) is 2.92. The summed E-state index contributed by atoms with van der Waals surface area (Å²) in [7, 11) is 4.31. The molecule has 88 valence electrons. The molecule has 2 aliphatic heterocycles. The number of hydrogen-bond donors (Lipinski definition) is 0. The molecule has 0 radical (unpaired) electrons. The Hall–Kier alpha value is -0.120. The third-order valence-corrected chi connectivity index (χ3v) is 3.91. The fourth-order valence-electron chi connectivity index (χ4n) is 2.90. The largest absolute Gasteiger partial charge is 0.300 e. The Morgan fingerprint density at radius 3 is 2.00 bits per heavy atom. The molecular formula is C12H25N3. The summed E-state index contributed by atoms with van der Waals surface area (Å²) in [6.45, 7) is 5.20. The number of piperidine rings is 2. The van der Waals surface area contributed by atoms with E-state index in [-0.39, 0.29) is 0 Å². The second kappa shape index (κ2) is 5.28. The fourth-order valence-corrected chi connectivity index (χ4v) is 2.90. The first-order chi connectivity index (χ1) is 7.27. The van der Waals surface area contributed by atoms with E-state index in [1.165, 1.54) is 58.3 Å². The van der Waals surface area contributed by atoms with Gasteiger partial charge in [-0.3, -0.25) is 0 Å². The van der Waals surface area contributed by atoms with Crippen LogP contribution in [0, 0.1) is 0 Å². The Labute approximate surface area is 94.0 Å². The lowest BCUT2D eigenvalue weighted by atomic mass is 10.0. The first-order valence-corrected chi connectivity index (χ1v) is 6.43. The Balaban J connectivity index is 1.77. The first kappa shape index (κ1) is 11.4. The van der Waals surface area contributed by atoms with Gasteiger partial charge in [-0.15, -0.1) is 0 Å². The average Bonchev–Trinajstić information content (AvgIpc) is 2.30. The summed E-state index contributed by atoms with van der Waals surface area (Å²) < 4.78 is 0. The maximum absolute atomic E-state index is 2.73. The smallest absolute Gasteiger partial charge is 0.0148 e. The molecule has 0 N–H and O–H groups in total. The van der Waals surface area contributed by atoms with Crippen molar-refractivity contribution in [3.63, 3.8) is 0 Å². The second-order valence-electron chi connectivity index (χ2n) is 5.13. The molecule has 15 heavy (non-hydrogen) atoms. The van der Waals surface area contributed by atoms with Crippen molar-refractivity contribution in [2.24, 2.45) is 0 Å². The summed E-state index contributed by atoms with van der Waals surface area (Å²) in [5.41, 5.74) is 0. The minimum Gasteiger partial charge on any atom is -0.300 e. The Morgan fingerprint density at radius 1 is 0.867 bits per heavy atom. The summed E-state index contributed by atoms with van der Waals surface area (Å²) in [6.07, 6.45) is 7.02. The van der Waals surface area contributed by atoms with E-state index in [9.17, 15) is 0 Å². The van der Waals surface area contributed by atoms with E-state index in [1.807, 2.05) is 0 Å². The molecule has 0 bridgehead atoms. The molecule has 0 atom stereocenters. The van der Waals surface area contributed by atoms with Gasteiger partial charge in [0.25, 0.3) is 0 Å². The van der Waals surface area contributed by atoms with E-state index in [0.717, 1.165) is 6.04 Å². The molecule has 0 amide bonds. The van der Waals surface area contributed by atoms with Crippen molar-refractivity contribution < 1.29 is 0 Å². The van der Waals surface area contributed by atoms with Gasteiger partial charge in [-0.05, 0) is 38.8 Å². The minimum absolute atomic E-state index is 0.876. The zero-order valence-electron chi connectivity index (χ0n) is 10.3. The highest BCUT2D eigenvalue weighted by Crippen LogP contribution is 2.20. The molecule has 2 saturated heterocycles. The van der Waals surface area contributed by atoms with Gasteiger partial charge in [0.2, 0.25) is 0 Å². The predicted octanol–water partition coefficient (Wildman–Crippen LogP) is 1.41. The normalized spacial score (nSPS) is 27.4. The van der Waals surface area contributed by atoms with Crippen LogP contribution >= 0.6 is 0 Å². The summed E-state index contributed by atoms with van der Waals surface area (Å²) in [5.74, 6) is 0. The monoisotopic (exact) mass is 211 g/mol. The van der Waals surface area contributed by atoms with E-state index in [2.05, 4.69) is 29.0 Å². The molecule has 0 aromatic carbocycles. The third-order valence-electron chi connectivity index (χ3n) is 3.91. The summed E-state index contributed by atoms with van der Waals surface area (Å²) in [6, 6.07) is 0.876. The van der Waals surface area contributed by atoms with Crippen molar-refractivity contribution in [2.75, 3.05) is 40.3 Å². The number of nitrogens with zero attached hydrogens (tertiary/aromatic N) is 3. The molecular weight excluding hydrogens is 186 g/mol. The Kier molecular flexibility index (Phi) is 4.00. The van der Waals surface area contributed by atoms with Crippen LogP contribution in [0.25, 0.3) is 0 Å². The lowest BCUT2D eigenvalue weighted by Crippen LogP contribution is -2.50. The van der Waals surface area contributed by atoms with Crippen molar-refractivity contribution in [3.8, 4) is 0 Å². The molecule has 3 heteroatoms. The van der Waals surface area contributed by atoms with Crippen LogP contribution in [0.5, 0.6) is 0 Å². The van der Waals surface area contributed by atoms with Crippen molar-refractivity contribution in [1.82, 2.24) is 14.9 Å². The molecule has 0 unspecified atom stereocenters. The minimum atomic E-state index is 0.876. The van der Waals surface area contributed by atoms with Crippen molar-refractivity contribution in [2.45, 2.75) is 38.1 Å². The molecule has 0 aromatic rings. The maximum Gasteiger partial charge on any atom is 0.0148 e. The van der Waals surface area contributed by atoms with Gasteiger partial charge in [0.1, 0.15) is 0 Å². The Bertz CT molecular complexity index is 179. The highest BCUT2D eigenvalue weighted by molar-refractivity contribution is 4.80. The van der Waals surface area contributed by atoms with E-state index < -0.39 is 0 Å². The van der Waals surface area contributed by atoms with Gasteiger partial charge in [-0.2, -0.15) is 0 Å². The lowest BCUT2D eigenvalue weighted by Gasteiger charge is -2.41. The standard InChI is InChI=1S/C12H25N3/c1-13(2)15-10-6-12(7-11-15)14-8-4-3-5-9-14/h12H,3-11H2,1-2H3. The SMILES string of the molecule is CN(C)N1CCC(N2CCCCC2)CC1. The number of likely N-dealkylation sites (tertiary alicyclic amines) is 1. The van der Waals surface area contributed by atoms with Crippen LogP contribution in [0.2, 0.25) is 0 Å². The molecule has 2 rings (SSSR count). The van der Waals surface area contributed by atoms with Crippen molar-refractivity contribution in [3.05, 3.63) is 0 Å². The van der Waals surface area contributed by atoms with Gasteiger partial charge >= 0.3 is 0 Å². The number of rotatable bonds is 2. The van der Waals surface area contributed by atoms with E-state index in [0.29, 0.717) is 0 Å². The average molecular weight is 211 g/mol. The molecule has 2 heterocycles. The van der Waals surface area contributed by atoms with Gasteiger partial charge < -0.3 is 4.90 Å². The summed E-state index contributed by atoms with van der Waals surface area (Å²) in [4.78, 5) is 2.73. The van der Waals surface area contributed by atoms with Gasteiger partial charge in [-0.25, -0.2) is 10.0 Å². The van der Waals surface area contributed by atoms with E-state index >= 15 is 0 Å². The van der Waals surface area contributed by atoms with Crippen LogP contribution in [0.15, 0.2) is 0 Å². The van der Waals surface area contributed by atoms with Crippen LogP contribution in [0.3, 0.4) is 0 Å². The summed E-state index contributed by atoms with van der Waals surface area (Å²) in [5, 5.41) is 4.70.